The summed E-state index contributed by atoms with van der Waals surface area (Å²) in [4.78, 5) is 25.1. The minimum absolute atomic E-state index is 0.119. The Balaban J connectivity index is 1.31. The number of rotatable bonds is 0. The maximum Gasteiger partial charge on any atom is 0.419 e. The highest BCUT2D eigenvalue weighted by molar-refractivity contribution is 5.94. The molecule has 6 atom stereocenters. The Morgan fingerprint density at radius 3 is 2.56 bits per heavy atom. The third-order valence-electron chi connectivity index (χ3n) is 10.8. The Hall–Kier alpha value is -2.84. The van der Waals surface area contributed by atoms with E-state index in [2.05, 4.69) is 25.7 Å². The highest BCUT2D eigenvalue weighted by Crippen LogP contribution is 2.67. The lowest BCUT2D eigenvalue weighted by atomic mass is 9.46. The van der Waals surface area contributed by atoms with E-state index in [4.69, 9.17) is 4.74 Å². The van der Waals surface area contributed by atoms with Gasteiger partial charge in [0.15, 0.2) is 5.78 Å². The summed E-state index contributed by atoms with van der Waals surface area (Å²) < 4.78 is 7.17. The number of ether oxygens (including phenoxy) is 1. The summed E-state index contributed by atoms with van der Waals surface area (Å²) in [5.41, 5.74) is 1.04. The zero-order chi connectivity index (χ0) is 27.8. The van der Waals surface area contributed by atoms with Gasteiger partial charge in [0.2, 0.25) is 0 Å². The molecular weight excluding hydrogens is 486 g/mol. The van der Waals surface area contributed by atoms with Crippen molar-refractivity contribution in [2.24, 2.45) is 28.6 Å². The summed E-state index contributed by atoms with van der Waals surface area (Å²) in [7, 11) is 0. The maximum absolute atomic E-state index is 12.9. The Bertz CT molecular complexity index is 1450. The van der Waals surface area contributed by atoms with E-state index in [1.54, 1.807) is 6.20 Å². The standard InChI is InChI=1S/C34H41NO4/c1-31(2,3)39-30(37)35-21-22(25-8-6-7-9-29(25)35)12-18-34(38)19-15-28-26-11-10-23-20-24(36)13-16-32(23,4)27(26)14-17-33(28,34)5/h6-9,20-21,26-28,38H,10-11,13-17,19H2,1-5H3/t26-,27+,28+,32+,33+,34+/m1/s1. The van der Waals surface area contributed by atoms with E-state index in [0.29, 0.717) is 36.4 Å². The number of para-hydroxylation sites is 1. The Labute approximate surface area is 232 Å². The van der Waals surface area contributed by atoms with E-state index in [1.807, 2.05) is 51.1 Å². The van der Waals surface area contributed by atoms with E-state index < -0.39 is 17.3 Å². The molecule has 1 N–H and O–H groups in total. The lowest BCUT2D eigenvalue weighted by molar-refractivity contribution is -0.119. The average molecular weight is 528 g/mol. The predicted octanol–water partition coefficient (Wildman–Crippen LogP) is 7.04. The number of aromatic nitrogens is 1. The number of benzene rings is 1. The first-order valence-corrected chi connectivity index (χ1v) is 14.7. The fourth-order valence-corrected chi connectivity index (χ4v) is 8.69. The third kappa shape index (κ3) is 4.10. The zero-order valence-electron chi connectivity index (χ0n) is 24.0. The van der Waals surface area contributed by atoms with Crippen molar-refractivity contribution >= 4 is 22.8 Å². The fourth-order valence-electron chi connectivity index (χ4n) is 8.69. The second kappa shape index (κ2) is 8.83. The van der Waals surface area contributed by atoms with Crippen LogP contribution in [0, 0.1) is 40.4 Å². The summed E-state index contributed by atoms with van der Waals surface area (Å²) in [6.07, 6.45) is 10.7. The van der Waals surface area contributed by atoms with Gasteiger partial charge in [0, 0.05) is 23.4 Å². The van der Waals surface area contributed by atoms with Crippen LogP contribution in [0.4, 0.5) is 4.79 Å². The molecule has 0 saturated heterocycles. The molecule has 206 valence electrons. The van der Waals surface area contributed by atoms with Crippen LogP contribution in [0.3, 0.4) is 0 Å². The molecular formula is C34H41NO4. The monoisotopic (exact) mass is 527 g/mol. The summed E-state index contributed by atoms with van der Waals surface area (Å²) in [5.74, 6) is 8.53. The van der Waals surface area contributed by atoms with E-state index in [-0.39, 0.29) is 10.8 Å². The highest BCUT2D eigenvalue weighted by Gasteiger charge is 2.63. The normalized spacial score (nSPS) is 35.8. The van der Waals surface area contributed by atoms with Crippen LogP contribution in [0.15, 0.2) is 42.1 Å². The molecule has 0 radical (unpaired) electrons. The van der Waals surface area contributed by atoms with Gasteiger partial charge in [-0.1, -0.05) is 49.5 Å². The smallest absolute Gasteiger partial charge is 0.419 e. The molecule has 0 unspecified atom stereocenters. The van der Waals surface area contributed by atoms with Gasteiger partial charge in [-0.05, 0) is 101 Å². The molecule has 0 bridgehead atoms. The minimum Gasteiger partial charge on any atom is -0.443 e. The number of allylic oxidation sites excluding steroid dienone is 1. The molecule has 4 aliphatic carbocycles. The van der Waals surface area contributed by atoms with E-state index >= 15 is 0 Å². The molecule has 0 spiro atoms. The number of aliphatic hydroxyl groups is 1. The van der Waals surface area contributed by atoms with E-state index in [9.17, 15) is 14.7 Å². The molecule has 0 aliphatic heterocycles. The van der Waals surface area contributed by atoms with Gasteiger partial charge in [0.1, 0.15) is 11.2 Å². The third-order valence-corrected chi connectivity index (χ3v) is 10.8. The first kappa shape index (κ1) is 26.4. The van der Waals surface area contributed by atoms with Gasteiger partial charge in [0.05, 0.1) is 11.1 Å². The molecule has 2 aromatic rings. The van der Waals surface area contributed by atoms with Crippen molar-refractivity contribution in [1.29, 1.82) is 0 Å². The first-order chi connectivity index (χ1) is 18.3. The summed E-state index contributed by atoms with van der Waals surface area (Å²) in [6, 6.07) is 7.72. The van der Waals surface area contributed by atoms with Crippen molar-refractivity contribution in [3.63, 3.8) is 0 Å². The number of carbonyl (C=O) groups excluding carboxylic acids is 2. The molecule has 0 amide bonds. The van der Waals surface area contributed by atoms with Crippen LogP contribution in [0.5, 0.6) is 0 Å². The van der Waals surface area contributed by atoms with Crippen molar-refractivity contribution < 1.29 is 19.4 Å². The molecule has 1 aromatic heterocycles. The summed E-state index contributed by atoms with van der Waals surface area (Å²) in [6.45, 7) is 10.2. The van der Waals surface area contributed by atoms with E-state index in [0.717, 1.165) is 55.0 Å². The molecule has 5 nitrogen and oxygen atoms in total. The second-order valence-electron chi connectivity index (χ2n) is 14.0. The van der Waals surface area contributed by atoms with Crippen molar-refractivity contribution in [3.8, 4) is 11.8 Å². The Morgan fingerprint density at radius 2 is 1.79 bits per heavy atom. The largest absolute Gasteiger partial charge is 0.443 e. The van der Waals surface area contributed by atoms with Crippen LogP contribution < -0.4 is 0 Å². The fraction of sp³-hybridized carbons (Fsp3) is 0.588. The lowest BCUT2D eigenvalue weighted by Gasteiger charge is -2.58. The molecule has 6 rings (SSSR count). The van der Waals surface area contributed by atoms with Gasteiger partial charge in [-0.2, -0.15) is 0 Å². The average Bonchev–Trinajstić information content (AvgIpc) is 3.37. The molecule has 1 heterocycles. The van der Waals surface area contributed by atoms with Crippen molar-refractivity contribution in [2.45, 2.75) is 97.2 Å². The molecule has 4 aliphatic rings. The van der Waals surface area contributed by atoms with Gasteiger partial charge >= 0.3 is 6.09 Å². The van der Waals surface area contributed by atoms with Crippen LogP contribution in [0.1, 0.15) is 91.5 Å². The number of carbonyl (C=O) groups is 2. The highest BCUT2D eigenvalue weighted by atomic mass is 16.6. The van der Waals surface area contributed by atoms with Gasteiger partial charge < -0.3 is 9.84 Å². The van der Waals surface area contributed by atoms with Gasteiger partial charge in [0.25, 0.3) is 0 Å². The summed E-state index contributed by atoms with van der Waals surface area (Å²) >= 11 is 0. The number of hydrogen-bond donors (Lipinski definition) is 1. The number of hydrogen-bond acceptors (Lipinski definition) is 4. The van der Waals surface area contributed by atoms with Crippen molar-refractivity contribution in [3.05, 3.63) is 47.7 Å². The van der Waals surface area contributed by atoms with E-state index in [1.165, 1.54) is 10.1 Å². The number of fused-ring (bicyclic) bond motifs is 6. The van der Waals surface area contributed by atoms with Crippen LogP contribution in [0.25, 0.3) is 10.9 Å². The molecule has 1 aromatic carbocycles. The number of nitrogens with zero attached hydrogens (tertiary/aromatic N) is 1. The van der Waals surface area contributed by atoms with Gasteiger partial charge in [-0.3, -0.25) is 9.36 Å². The maximum atomic E-state index is 12.9. The molecule has 3 fully saturated rings. The van der Waals surface area contributed by atoms with Crippen LogP contribution in [0.2, 0.25) is 0 Å². The lowest BCUT2D eigenvalue weighted by Crippen LogP contribution is -2.54. The van der Waals surface area contributed by atoms with Crippen LogP contribution in [-0.4, -0.2) is 32.8 Å². The van der Waals surface area contributed by atoms with Gasteiger partial charge in [-0.15, -0.1) is 0 Å². The topological polar surface area (TPSA) is 68.5 Å². The van der Waals surface area contributed by atoms with Crippen molar-refractivity contribution in [1.82, 2.24) is 4.57 Å². The quantitative estimate of drug-likeness (QED) is 0.373. The van der Waals surface area contributed by atoms with Crippen molar-refractivity contribution in [2.75, 3.05) is 0 Å². The Kier molecular flexibility index (Phi) is 5.97. The number of ketones is 1. The minimum atomic E-state index is -1.07. The Morgan fingerprint density at radius 1 is 1.05 bits per heavy atom. The molecule has 5 heteroatoms. The molecule has 3 saturated carbocycles. The zero-order valence-corrected chi connectivity index (χ0v) is 24.0. The molecule has 39 heavy (non-hydrogen) atoms. The summed E-state index contributed by atoms with van der Waals surface area (Å²) in [5, 5.41) is 13.0. The van der Waals surface area contributed by atoms with Gasteiger partial charge in [-0.25, -0.2) is 4.79 Å². The van der Waals surface area contributed by atoms with Crippen LogP contribution >= 0.6 is 0 Å². The van der Waals surface area contributed by atoms with Crippen LogP contribution in [-0.2, 0) is 9.53 Å². The SMILES string of the molecule is CC(C)(C)OC(=O)n1cc(C#C[C@]2(O)CC[C@H]3[C@@H]4CCC5=CC(=O)CC[C@]5(C)[C@H]4CC[C@@]32C)c2ccccc21. The second-order valence-corrected chi connectivity index (χ2v) is 14.0. The predicted molar refractivity (Wildman–Crippen MR) is 152 cm³/mol. The first-order valence-electron chi connectivity index (χ1n) is 14.7.